The van der Waals surface area contributed by atoms with Gasteiger partial charge < -0.3 is 0 Å². The van der Waals surface area contributed by atoms with Crippen LogP contribution >= 0.6 is 0 Å². The Kier molecular flexibility index (Phi) is 5.09. The number of nitrogens with zero attached hydrogens (tertiary/aromatic N) is 3. The predicted octanol–water partition coefficient (Wildman–Crippen LogP) is 4.63. The molecule has 3 aromatic rings. The molecule has 3 rings (SSSR count). The molecule has 0 atom stereocenters. The fourth-order valence-corrected chi connectivity index (χ4v) is 2.21. The predicted molar refractivity (Wildman–Crippen MR) is 88.5 cm³/mol. The van der Waals surface area contributed by atoms with Crippen molar-refractivity contribution in [3.63, 3.8) is 0 Å². The highest BCUT2D eigenvalue weighted by atomic mass is 15.3. The molecule has 0 fully saturated rings. The molecule has 0 N–H and O–H groups in total. The van der Waals surface area contributed by atoms with Gasteiger partial charge in [-0.2, -0.15) is 5.10 Å². The first-order valence-electron chi connectivity index (χ1n) is 7.58. The molecule has 0 unspecified atom stereocenters. The molecule has 0 radical (unpaired) electrons. The Bertz CT molecular complexity index is 684. The normalized spacial score (nSPS) is 10.5. The first-order chi connectivity index (χ1) is 10.2. The number of fused-ring (bicyclic) bond motifs is 1. The molecule has 2 aromatic heterocycles. The molecular formula is C18H23N3. The highest BCUT2D eigenvalue weighted by molar-refractivity contribution is 5.78. The van der Waals surface area contributed by atoms with E-state index in [0.29, 0.717) is 5.92 Å². The second-order valence-corrected chi connectivity index (χ2v) is 5.16. The lowest BCUT2D eigenvalue weighted by atomic mass is 10.0. The summed E-state index contributed by atoms with van der Waals surface area (Å²) in [6, 6.07) is 10.5. The standard InChI is InChI=1S/C16H17N3.C2H6/c1-12(2)14-5-6-16-15(8-14)11-19(18-16)10-13-4-3-7-17-9-13;1-2/h3-9,11-12H,10H2,1-2H3;1-2H3. The highest BCUT2D eigenvalue weighted by Gasteiger charge is 2.05. The van der Waals surface area contributed by atoms with E-state index < -0.39 is 0 Å². The van der Waals surface area contributed by atoms with Crippen LogP contribution < -0.4 is 0 Å². The van der Waals surface area contributed by atoms with Gasteiger partial charge in [0.25, 0.3) is 0 Å². The third-order valence-corrected chi connectivity index (χ3v) is 3.31. The van der Waals surface area contributed by atoms with Crippen molar-refractivity contribution in [3.05, 3.63) is 60.0 Å². The van der Waals surface area contributed by atoms with Crippen molar-refractivity contribution in [1.29, 1.82) is 0 Å². The average molecular weight is 281 g/mol. The molecule has 0 saturated carbocycles. The SMILES string of the molecule is CC.CC(C)c1ccc2nn(Cc3cccnc3)cc2c1. The maximum atomic E-state index is 4.60. The van der Waals surface area contributed by atoms with Gasteiger partial charge in [0, 0.05) is 24.0 Å². The fraction of sp³-hybridized carbons (Fsp3) is 0.333. The maximum absolute atomic E-state index is 4.60. The van der Waals surface area contributed by atoms with Crippen molar-refractivity contribution < 1.29 is 0 Å². The fourth-order valence-electron chi connectivity index (χ4n) is 2.21. The van der Waals surface area contributed by atoms with E-state index in [4.69, 9.17) is 0 Å². The van der Waals surface area contributed by atoms with Gasteiger partial charge in [-0.1, -0.05) is 39.8 Å². The number of aromatic nitrogens is 3. The summed E-state index contributed by atoms with van der Waals surface area (Å²) in [6.45, 7) is 9.18. The molecule has 110 valence electrons. The summed E-state index contributed by atoms with van der Waals surface area (Å²) < 4.78 is 1.98. The smallest absolute Gasteiger partial charge is 0.0923 e. The number of benzene rings is 1. The van der Waals surface area contributed by atoms with E-state index in [2.05, 4.69) is 54.4 Å². The Balaban J connectivity index is 0.000000774. The summed E-state index contributed by atoms with van der Waals surface area (Å²) in [5.74, 6) is 0.547. The van der Waals surface area contributed by atoms with E-state index in [0.717, 1.165) is 12.1 Å². The number of rotatable bonds is 3. The highest BCUT2D eigenvalue weighted by Crippen LogP contribution is 2.20. The van der Waals surface area contributed by atoms with Crippen LogP contribution in [0, 0.1) is 0 Å². The number of hydrogen-bond donors (Lipinski definition) is 0. The zero-order valence-corrected chi connectivity index (χ0v) is 13.2. The molecule has 3 nitrogen and oxygen atoms in total. The van der Waals surface area contributed by atoms with Crippen LogP contribution in [0.4, 0.5) is 0 Å². The molecule has 21 heavy (non-hydrogen) atoms. The minimum atomic E-state index is 0.547. The van der Waals surface area contributed by atoms with Crippen molar-refractivity contribution in [2.75, 3.05) is 0 Å². The van der Waals surface area contributed by atoms with Gasteiger partial charge in [-0.05, 0) is 35.2 Å². The average Bonchev–Trinajstić information content (AvgIpc) is 2.91. The van der Waals surface area contributed by atoms with E-state index in [9.17, 15) is 0 Å². The second-order valence-electron chi connectivity index (χ2n) is 5.16. The van der Waals surface area contributed by atoms with Gasteiger partial charge in [0.05, 0.1) is 12.1 Å². The Hall–Kier alpha value is -2.16. The largest absolute Gasteiger partial charge is 0.267 e. The van der Waals surface area contributed by atoms with Gasteiger partial charge in [-0.3, -0.25) is 9.67 Å². The summed E-state index contributed by atoms with van der Waals surface area (Å²) >= 11 is 0. The van der Waals surface area contributed by atoms with Crippen LogP contribution in [-0.4, -0.2) is 14.8 Å². The minimum Gasteiger partial charge on any atom is -0.267 e. The zero-order valence-electron chi connectivity index (χ0n) is 13.2. The first kappa shape index (κ1) is 15.2. The van der Waals surface area contributed by atoms with Crippen LogP contribution in [0.2, 0.25) is 0 Å². The van der Waals surface area contributed by atoms with E-state index >= 15 is 0 Å². The van der Waals surface area contributed by atoms with Crippen LogP contribution in [-0.2, 0) is 6.54 Å². The van der Waals surface area contributed by atoms with E-state index in [1.807, 2.05) is 30.8 Å². The first-order valence-corrected chi connectivity index (χ1v) is 7.58. The van der Waals surface area contributed by atoms with E-state index in [1.54, 1.807) is 6.20 Å². The number of pyridine rings is 1. The summed E-state index contributed by atoms with van der Waals surface area (Å²) in [6.07, 6.45) is 5.78. The van der Waals surface area contributed by atoms with Crippen molar-refractivity contribution >= 4 is 10.9 Å². The zero-order chi connectivity index (χ0) is 15.2. The molecular weight excluding hydrogens is 258 g/mol. The summed E-state index contributed by atoms with van der Waals surface area (Å²) in [5.41, 5.74) is 3.57. The summed E-state index contributed by atoms with van der Waals surface area (Å²) in [4.78, 5) is 4.13. The molecule has 0 spiro atoms. The molecule has 3 heteroatoms. The molecule has 0 amide bonds. The Labute approximate surface area is 126 Å². The van der Waals surface area contributed by atoms with Crippen LogP contribution in [0.15, 0.2) is 48.9 Å². The van der Waals surface area contributed by atoms with Crippen molar-refractivity contribution in [2.24, 2.45) is 0 Å². The third-order valence-electron chi connectivity index (χ3n) is 3.31. The topological polar surface area (TPSA) is 30.7 Å². The number of hydrogen-bond acceptors (Lipinski definition) is 2. The van der Waals surface area contributed by atoms with Gasteiger partial charge in [0.2, 0.25) is 0 Å². The Morgan fingerprint density at radius 3 is 2.62 bits per heavy atom. The lowest BCUT2D eigenvalue weighted by molar-refractivity contribution is 0.693. The van der Waals surface area contributed by atoms with Gasteiger partial charge in [0.1, 0.15) is 0 Å². The minimum absolute atomic E-state index is 0.547. The second kappa shape index (κ2) is 7.02. The Morgan fingerprint density at radius 2 is 1.95 bits per heavy atom. The molecule has 0 saturated heterocycles. The maximum Gasteiger partial charge on any atom is 0.0923 e. The molecule has 2 heterocycles. The molecule has 0 aliphatic carbocycles. The van der Waals surface area contributed by atoms with Crippen LogP contribution in [0.3, 0.4) is 0 Å². The van der Waals surface area contributed by atoms with Gasteiger partial charge in [0.15, 0.2) is 0 Å². The molecule has 0 bridgehead atoms. The summed E-state index contributed by atoms with van der Waals surface area (Å²) in [7, 11) is 0. The summed E-state index contributed by atoms with van der Waals surface area (Å²) in [5, 5.41) is 5.80. The van der Waals surface area contributed by atoms with Crippen LogP contribution in [0.5, 0.6) is 0 Å². The lowest BCUT2D eigenvalue weighted by Gasteiger charge is -2.03. The van der Waals surface area contributed by atoms with E-state index in [1.165, 1.54) is 16.5 Å². The molecule has 0 aliphatic rings. The third kappa shape index (κ3) is 3.69. The van der Waals surface area contributed by atoms with Gasteiger partial charge in [-0.15, -0.1) is 0 Å². The lowest BCUT2D eigenvalue weighted by Crippen LogP contribution is -1.99. The monoisotopic (exact) mass is 281 g/mol. The molecule has 0 aliphatic heterocycles. The molecule has 1 aromatic carbocycles. The van der Waals surface area contributed by atoms with Crippen molar-refractivity contribution in [3.8, 4) is 0 Å². The quantitative estimate of drug-likeness (QED) is 0.701. The van der Waals surface area contributed by atoms with Gasteiger partial charge in [-0.25, -0.2) is 0 Å². The van der Waals surface area contributed by atoms with Crippen LogP contribution in [0.1, 0.15) is 44.7 Å². The van der Waals surface area contributed by atoms with Crippen LogP contribution in [0.25, 0.3) is 10.9 Å². The van der Waals surface area contributed by atoms with Crippen molar-refractivity contribution in [2.45, 2.75) is 40.2 Å². The van der Waals surface area contributed by atoms with Gasteiger partial charge >= 0.3 is 0 Å². The Morgan fingerprint density at radius 1 is 1.14 bits per heavy atom. The van der Waals surface area contributed by atoms with Crippen molar-refractivity contribution in [1.82, 2.24) is 14.8 Å². The van der Waals surface area contributed by atoms with E-state index in [-0.39, 0.29) is 0 Å².